The molecule has 3 N–H and O–H groups in total. The Balaban J connectivity index is 1.18. The molecule has 0 spiro atoms. The summed E-state index contributed by atoms with van der Waals surface area (Å²) in [6, 6.07) is 3.32. The third-order valence-corrected chi connectivity index (χ3v) is 7.89. The topological polar surface area (TPSA) is 149 Å². The number of oxazole rings is 1. The fraction of sp³-hybridized carbons (Fsp3) is 0.455. The van der Waals surface area contributed by atoms with Gasteiger partial charge in [0.2, 0.25) is 5.91 Å². The normalized spacial score (nSPS) is 25.1. The zero-order valence-electron chi connectivity index (χ0n) is 18.5. The number of aliphatic hydroxyl groups is 1. The Morgan fingerprint density at radius 1 is 1.35 bits per heavy atom. The number of hydrogen-bond donors (Lipinski definition) is 3. The van der Waals surface area contributed by atoms with Crippen LogP contribution >= 0.6 is 11.8 Å². The molecular weight excluding hydrogens is 464 g/mol. The third kappa shape index (κ3) is 3.66. The maximum Gasteiger partial charge on any atom is 0.353 e. The number of rotatable bonds is 8. The first-order chi connectivity index (χ1) is 16.3. The summed E-state index contributed by atoms with van der Waals surface area (Å²) in [5, 5.41) is 22.5. The van der Waals surface area contributed by atoms with Crippen LogP contribution in [0.15, 0.2) is 44.1 Å². The van der Waals surface area contributed by atoms with Crippen LogP contribution in [0.2, 0.25) is 0 Å². The molecule has 2 fully saturated rings. The lowest BCUT2D eigenvalue weighted by Gasteiger charge is -2.46. The number of aliphatic hydroxyl groups excluding tert-OH is 1. The Morgan fingerprint density at radius 2 is 2.12 bits per heavy atom. The van der Waals surface area contributed by atoms with E-state index in [9.17, 15) is 24.6 Å². The quantitative estimate of drug-likeness (QED) is 0.464. The number of thioether (sulfide) groups is 1. The Bertz CT molecular complexity index is 1150. The number of nitrogens with zero attached hydrogens (tertiary/aromatic N) is 3. The predicted octanol–water partition coefficient (Wildman–Crippen LogP) is 1.27. The van der Waals surface area contributed by atoms with Crippen molar-refractivity contribution in [3.05, 3.63) is 46.7 Å². The van der Waals surface area contributed by atoms with E-state index in [1.807, 2.05) is 11.8 Å². The number of aliphatic carboxylic acids is 1. The first-order valence-corrected chi connectivity index (χ1v) is 11.8. The number of hydrogen-bond acceptors (Lipinski definition) is 9. The minimum Gasteiger partial charge on any atom is -0.477 e. The van der Waals surface area contributed by atoms with Crippen molar-refractivity contribution < 1.29 is 33.4 Å². The van der Waals surface area contributed by atoms with Crippen LogP contribution in [0, 0.1) is 11.8 Å². The highest BCUT2D eigenvalue weighted by Gasteiger charge is 2.60. The third-order valence-electron chi connectivity index (χ3n) is 6.44. The summed E-state index contributed by atoms with van der Waals surface area (Å²) in [7, 11) is 0. The van der Waals surface area contributed by atoms with Gasteiger partial charge in [0, 0.05) is 29.2 Å². The molecule has 0 aromatic carbocycles. The highest BCUT2D eigenvalue weighted by atomic mass is 32.2. The molecule has 0 bridgehead atoms. The van der Waals surface area contributed by atoms with Gasteiger partial charge in [0.15, 0.2) is 5.76 Å². The summed E-state index contributed by atoms with van der Waals surface area (Å²) in [5.74, 6) is -2.31. The average Bonchev–Trinajstić information content (AvgIpc) is 3.48. The second-order valence-electron chi connectivity index (χ2n) is 8.70. The van der Waals surface area contributed by atoms with E-state index < -0.39 is 18.0 Å². The molecule has 12 heteroatoms. The van der Waals surface area contributed by atoms with Crippen LogP contribution in [0.1, 0.15) is 30.1 Å². The predicted molar refractivity (Wildman–Crippen MR) is 120 cm³/mol. The van der Waals surface area contributed by atoms with Crippen molar-refractivity contribution in [3.63, 3.8) is 0 Å². The molecule has 4 atom stereocenters. The minimum absolute atomic E-state index is 0.0357. The highest BCUT2D eigenvalue weighted by Crippen LogP contribution is 2.52. The van der Waals surface area contributed by atoms with Crippen LogP contribution < -0.4 is 10.2 Å². The molecule has 0 radical (unpaired) electrons. The van der Waals surface area contributed by atoms with E-state index in [1.165, 1.54) is 29.2 Å². The molecule has 2 amide bonds. The molecule has 11 nitrogen and oxygen atoms in total. The van der Waals surface area contributed by atoms with E-state index in [0.29, 0.717) is 29.7 Å². The van der Waals surface area contributed by atoms with Crippen LogP contribution in [0.3, 0.4) is 0 Å². The van der Waals surface area contributed by atoms with Crippen molar-refractivity contribution in [1.29, 1.82) is 0 Å². The summed E-state index contributed by atoms with van der Waals surface area (Å²) >= 11 is 1.46. The number of β-lactam (4-membered cyclic amide) rings is 1. The molecule has 2 saturated heterocycles. The molecule has 0 aliphatic carbocycles. The lowest BCUT2D eigenvalue weighted by molar-refractivity contribution is -0.163. The molecule has 0 unspecified atom stereocenters. The lowest BCUT2D eigenvalue weighted by atomic mass is 9.79. The molecule has 0 saturated carbocycles. The van der Waals surface area contributed by atoms with Crippen molar-refractivity contribution >= 4 is 35.6 Å². The second-order valence-corrected chi connectivity index (χ2v) is 10.0. The Labute approximate surface area is 198 Å². The molecular formula is C22H24N4O7S. The molecule has 180 valence electrons. The molecule has 5 heterocycles. The van der Waals surface area contributed by atoms with Gasteiger partial charge in [0.1, 0.15) is 17.7 Å². The first kappa shape index (κ1) is 22.5. The zero-order chi connectivity index (χ0) is 24.1. The standard InChI is InChI=1S/C22H24N4O7S/c1-10-16-15(11(2)27)20(29)26(16)17(21(30)31)18(10)34-13-7-25(8-13)22-24-12(9-33-22)6-23-19(28)14-4-3-5-32-14/h3-5,9-11,13,15-16,27H,6-8H2,1-2H3,(H,23,28)(H,30,31)/t10-,11-,15-,16-/m1/s1. The number of anilines is 1. The van der Waals surface area contributed by atoms with Crippen LogP contribution in [-0.4, -0.2) is 68.4 Å². The summed E-state index contributed by atoms with van der Waals surface area (Å²) in [6.07, 6.45) is 2.09. The number of nitrogens with one attached hydrogen (secondary N) is 1. The van der Waals surface area contributed by atoms with Crippen LogP contribution in [-0.2, 0) is 16.1 Å². The summed E-state index contributed by atoms with van der Waals surface area (Å²) in [6.45, 7) is 4.87. The van der Waals surface area contributed by atoms with Gasteiger partial charge in [0.25, 0.3) is 11.9 Å². The average molecular weight is 489 g/mol. The molecule has 3 aliphatic rings. The van der Waals surface area contributed by atoms with Gasteiger partial charge in [-0.2, -0.15) is 4.98 Å². The second kappa shape index (κ2) is 8.51. The van der Waals surface area contributed by atoms with Crippen molar-refractivity contribution in [2.24, 2.45) is 11.8 Å². The van der Waals surface area contributed by atoms with Gasteiger partial charge in [0.05, 0.1) is 30.9 Å². The van der Waals surface area contributed by atoms with Gasteiger partial charge in [-0.3, -0.25) is 9.59 Å². The zero-order valence-corrected chi connectivity index (χ0v) is 19.3. The van der Waals surface area contributed by atoms with Crippen molar-refractivity contribution in [2.45, 2.75) is 37.8 Å². The van der Waals surface area contributed by atoms with E-state index in [2.05, 4.69) is 10.3 Å². The largest absolute Gasteiger partial charge is 0.477 e. The van der Waals surface area contributed by atoms with Crippen molar-refractivity contribution in [3.8, 4) is 0 Å². The van der Waals surface area contributed by atoms with Gasteiger partial charge in [-0.15, -0.1) is 11.8 Å². The Hall–Kier alpha value is -3.25. The van der Waals surface area contributed by atoms with Gasteiger partial charge >= 0.3 is 5.97 Å². The number of carboxylic acid groups (broad SMARTS) is 1. The molecule has 2 aromatic heterocycles. The van der Waals surface area contributed by atoms with E-state index in [4.69, 9.17) is 8.83 Å². The van der Waals surface area contributed by atoms with Gasteiger partial charge in [-0.25, -0.2) is 4.79 Å². The SMILES string of the molecule is C[C@@H](O)[C@H]1C(=O)N2C(C(=O)O)=C(SC3CN(c4nc(CNC(=O)c5ccco5)co4)C3)[C@H](C)[C@H]12. The van der Waals surface area contributed by atoms with E-state index in [-0.39, 0.29) is 47.0 Å². The number of carbonyl (C=O) groups excluding carboxylic acids is 2. The maximum atomic E-state index is 12.5. The van der Waals surface area contributed by atoms with Gasteiger partial charge in [-0.1, -0.05) is 6.92 Å². The molecule has 5 rings (SSSR count). The highest BCUT2D eigenvalue weighted by molar-refractivity contribution is 8.03. The van der Waals surface area contributed by atoms with Gasteiger partial charge < -0.3 is 34.2 Å². The number of aromatic nitrogens is 1. The number of amides is 2. The number of carbonyl (C=O) groups is 3. The number of carboxylic acids is 1. The Morgan fingerprint density at radius 3 is 2.76 bits per heavy atom. The van der Waals surface area contributed by atoms with E-state index in [0.717, 1.165) is 0 Å². The van der Waals surface area contributed by atoms with Crippen LogP contribution in [0.5, 0.6) is 0 Å². The fourth-order valence-electron chi connectivity index (χ4n) is 4.72. The first-order valence-electron chi connectivity index (χ1n) is 10.9. The smallest absolute Gasteiger partial charge is 0.353 e. The fourth-order valence-corrected chi connectivity index (χ4v) is 6.23. The monoisotopic (exact) mass is 488 g/mol. The van der Waals surface area contributed by atoms with Crippen molar-refractivity contribution in [1.82, 2.24) is 15.2 Å². The van der Waals surface area contributed by atoms with Crippen molar-refractivity contribution in [2.75, 3.05) is 18.0 Å². The molecule has 3 aliphatic heterocycles. The minimum atomic E-state index is -1.13. The summed E-state index contributed by atoms with van der Waals surface area (Å²) in [5.41, 5.74) is 0.604. The molecule has 34 heavy (non-hydrogen) atoms. The van der Waals surface area contributed by atoms with Crippen LogP contribution in [0.4, 0.5) is 6.01 Å². The summed E-state index contributed by atoms with van der Waals surface area (Å²) < 4.78 is 10.6. The summed E-state index contributed by atoms with van der Waals surface area (Å²) in [4.78, 5) is 44.7. The van der Waals surface area contributed by atoms with Crippen LogP contribution in [0.25, 0.3) is 0 Å². The molecule has 2 aromatic rings. The Kier molecular flexibility index (Phi) is 5.64. The van der Waals surface area contributed by atoms with E-state index >= 15 is 0 Å². The van der Waals surface area contributed by atoms with Gasteiger partial charge in [-0.05, 0) is 19.1 Å². The van der Waals surface area contributed by atoms with E-state index in [1.54, 1.807) is 19.1 Å². The maximum absolute atomic E-state index is 12.5. The number of fused-ring (bicyclic) bond motifs is 1. The lowest BCUT2D eigenvalue weighted by Crippen LogP contribution is -2.63. The number of furan rings is 1.